The Bertz CT molecular complexity index is 406. The molecule has 0 unspecified atom stereocenters. The minimum absolute atomic E-state index is 0.182. The molecule has 7 nitrogen and oxygen atoms in total. The molecule has 0 bridgehead atoms. The van der Waals surface area contributed by atoms with Crippen molar-refractivity contribution < 1.29 is 27.9 Å². The van der Waals surface area contributed by atoms with Crippen LogP contribution in [0.4, 0.5) is 0 Å². The van der Waals surface area contributed by atoms with Crippen molar-refractivity contribution in [2.45, 2.75) is 20.3 Å². The molecule has 0 amide bonds. The van der Waals surface area contributed by atoms with Crippen LogP contribution in [0.2, 0.25) is 0 Å². The van der Waals surface area contributed by atoms with Gasteiger partial charge in [0, 0.05) is 33.1 Å². The first-order valence-electron chi connectivity index (χ1n) is 7.66. The molecule has 0 aromatic carbocycles. The molecule has 1 aliphatic rings. The molecule has 0 aromatic heterocycles. The van der Waals surface area contributed by atoms with Gasteiger partial charge in [0.15, 0.2) is 0 Å². The molecular weight excluding hydrogens is 341 g/mol. The molecule has 0 radical (unpaired) electrons. The largest absolute Gasteiger partial charge is 0.464 e. The van der Waals surface area contributed by atoms with Crippen molar-refractivity contribution in [3.8, 4) is 0 Å². The highest BCUT2D eigenvalue weighted by Crippen LogP contribution is 2.59. The van der Waals surface area contributed by atoms with Crippen LogP contribution in [0.15, 0.2) is 0 Å². The predicted molar refractivity (Wildman–Crippen MR) is 90.7 cm³/mol. The average molecular weight is 369 g/mol. The van der Waals surface area contributed by atoms with Crippen LogP contribution in [0.5, 0.6) is 0 Å². The number of nitrogens with zero attached hydrogens (tertiary/aromatic N) is 1. The van der Waals surface area contributed by atoms with Gasteiger partial charge in [0.25, 0.3) is 0 Å². The third-order valence-corrected chi connectivity index (χ3v) is 7.67. The van der Waals surface area contributed by atoms with E-state index in [9.17, 15) is 9.36 Å². The Hall–Kier alpha value is -0.110. The van der Waals surface area contributed by atoms with Gasteiger partial charge in [-0.3, -0.25) is 9.69 Å². The van der Waals surface area contributed by atoms with E-state index in [-0.39, 0.29) is 12.6 Å². The Balaban J connectivity index is 2.27. The number of carbonyl (C=O) groups excluding carboxylic acids is 1. The molecule has 9 heteroatoms. The van der Waals surface area contributed by atoms with Crippen molar-refractivity contribution in [1.82, 2.24) is 4.90 Å². The Morgan fingerprint density at radius 1 is 1.26 bits per heavy atom. The number of ether oxygens (including phenoxy) is 2. The lowest BCUT2D eigenvalue weighted by Gasteiger charge is -2.30. The molecule has 136 valence electrons. The van der Waals surface area contributed by atoms with Gasteiger partial charge in [0.2, 0.25) is 0 Å². The highest BCUT2D eigenvalue weighted by Gasteiger charge is 2.30. The van der Waals surface area contributed by atoms with Gasteiger partial charge < -0.3 is 18.5 Å². The molecule has 1 saturated heterocycles. The van der Waals surface area contributed by atoms with E-state index in [2.05, 4.69) is 4.90 Å². The Morgan fingerprint density at radius 2 is 1.87 bits per heavy atom. The van der Waals surface area contributed by atoms with Gasteiger partial charge in [-0.15, -0.1) is 0 Å². The summed E-state index contributed by atoms with van der Waals surface area (Å²) in [5.74, 6) is 0.126. The number of hydrogen-bond donors (Lipinski definition) is 0. The molecule has 1 rings (SSSR count). The molecule has 0 aromatic rings. The standard InChI is InChI=1S/C14H28NO6PS/c1-14(2,5-6-15-7-9-20-10-8-15)13(16)21-11-12-23-22(17,18-3)19-4/h5-12H2,1-4H3. The van der Waals surface area contributed by atoms with Crippen molar-refractivity contribution >= 4 is 24.1 Å². The van der Waals surface area contributed by atoms with Gasteiger partial charge in [0.1, 0.15) is 6.61 Å². The van der Waals surface area contributed by atoms with Crippen molar-refractivity contribution in [3.05, 3.63) is 0 Å². The van der Waals surface area contributed by atoms with Crippen LogP contribution in [0.25, 0.3) is 0 Å². The molecule has 0 saturated carbocycles. The van der Waals surface area contributed by atoms with E-state index >= 15 is 0 Å². The predicted octanol–water partition coefficient (Wildman–Crippen LogP) is 2.41. The summed E-state index contributed by atoms with van der Waals surface area (Å²) in [6, 6.07) is 0. The topological polar surface area (TPSA) is 74.3 Å². The van der Waals surface area contributed by atoms with E-state index in [1.54, 1.807) is 0 Å². The maximum absolute atomic E-state index is 12.2. The summed E-state index contributed by atoms with van der Waals surface area (Å²) in [7, 11) is 2.66. The van der Waals surface area contributed by atoms with Gasteiger partial charge in [-0.25, -0.2) is 4.57 Å². The lowest BCUT2D eigenvalue weighted by molar-refractivity contribution is -0.153. The second-order valence-electron chi connectivity index (χ2n) is 5.87. The van der Waals surface area contributed by atoms with Crippen molar-refractivity contribution in [3.63, 3.8) is 0 Å². The number of rotatable bonds is 10. The normalized spacial score (nSPS) is 17.2. The zero-order valence-corrected chi connectivity index (χ0v) is 16.1. The second kappa shape index (κ2) is 10.0. The van der Waals surface area contributed by atoms with Gasteiger partial charge >= 0.3 is 12.8 Å². The van der Waals surface area contributed by atoms with Crippen molar-refractivity contribution in [2.75, 3.05) is 59.4 Å². The van der Waals surface area contributed by atoms with Crippen LogP contribution in [0.3, 0.4) is 0 Å². The van der Waals surface area contributed by atoms with E-state index in [1.807, 2.05) is 13.8 Å². The number of esters is 1. The highest BCUT2D eigenvalue weighted by atomic mass is 32.7. The zero-order valence-electron chi connectivity index (χ0n) is 14.4. The molecule has 23 heavy (non-hydrogen) atoms. The van der Waals surface area contributed by atoms with Crippen LogP contribution in [-0.2, 0) is 27.9 Å². The van der Waals surface area contributed by atoms with E-state index < -0.39 is 12.2 Å². The quantitative estimate of drug-likeness (QED) is 0.330. The fraction of sp³-hybridized carbons (Fsp3) is 0.929. The SMILES string of the molecule is COP(=O)(OC)SCCOC(=O)C(C)(C)CCN1CCOCC1. The van der Waals surface area contributed by atoms with Gasteiger partial charge in [0.05, 0.1) is 18.6 Å². The monoisotopic (exact) mass is 369 g/mol. The van der Waals surface area contributed by atoms with Crippen LogP contribution in [0, 0.1) is 5.41 Å². The third-order valence-electron chi connectivity index (χ3n) is 3.72. The molecule has 1 aliphatic heterocycles. The zero-order chi connectivity index (χ0) is 17.3. The van der Waals surface area contributed by atoms with E-state index in [4.69, 9.17) is 18.5 Å². The minimum Gasteiger partial charge on any atom is -0.464 e. The van der Waals surface area contributed by atoms with Gasteiger partial charge in [-0.1, -0.05) is 0 Å². The lowest BCUT2D eigenvalue weighted by Crippen LogP contribution is -2.39. The Labute approximate surface area is 142 Å². The summed E-state index contributed by atoms with van der Waals surface area (Å²) in [5.41, 5.74) is -0.546. The van der Waals surface area contributed by atoms with E-state index in [1.165, 1.54) is 14.2 Å². The smallest absolute Gasteiger partial charge is 0.388 e. The summed E-state index contributed by atoms with van der Waals surface area (Å²) in [6.07, 6.45) is 0.730. The number of morpholine rings is 1. The molecule has 0 atom stereocenters. The van der Waals surface area contributed by atoms with E-state index in [0.29, 0.717) is 5.75 Å². The van der Waals surface area contributed by atoms with Crippen molar-refractivity contribution in [2.24, 2.45) is 5.41 Å². The molecule has 0 aliphatic carbocycles. The maximum Gasteiger partial charge on any atom is 0.388 e. The number of carbonyl (C=O) groups is 1. The highest BCUT2D eigenvalue weighted by molar-refractivity contribution is 8.55. The lowest BCUT2D eigenvalue weighted by atomic mass is 9.89. The average Bonchev–Trinajstić information content (AvgIpc) is 2.57. The van der Waals surface area contributed by atoms with Gasteiger partial charge in [-0.2, -0.15) is 0 Å². The molecule has 1 fully saturated rings. The summed E-state index contributed by atoms with van der Waals surface area (Å²) in [6.45, 7) is 5.02. The number of hydrogen-bond acceptors (Lipinski definition) is 8. The summed E-state index contributed by atoms with van der Waals surface area (Å²) < 4.78 is 32.1. The minimum atomic E-state index is -3.11. The Morgan fingerprint density at radius 3 is 2.43 bits per heavy atom. The first-order chi connectivity index (χ1) is 10.8. The maximum atomic E-state index is 12.2. The van der Waals surface area contributed by atoms with Crippen LogP contribution in [-0.4, -0.2) is 70.3 Å². The summed E-state index contributed by atoms with van der Waals surface area (Å²) in [5, 5.41) is 0. The Kier molecular flexibility index (Phi) is 9.11. The molecular formula is C14H28NO6PS. The fourth-order valence-electron chi connectivity index (χ4n) is 2.02. The summed E-state index contributed by atoms with van der Waals surface area (Å²) in [4.78, 5) is 14.5. The van der Waals surface area contributed by atoms with E-state index in [0.717, 1.165) is 50.7 Å². The second-order valence-corrected chi connectivity index (χ2v) is 10.3. The third kappa shape index (κ3) is 7.54. The van der Waals surface area contributed by atoms with Crippen LogP contribution >= 0.6 is 18.2 Å². The first kappa shape index (κ1) is 20.9. The van der Waals surface area contributed by atoms with Crippen molar-refractivity contribution in [1.29, 1.82) is 0 Å². The molecule has 0 N–H and O–H groups in total. The molecule has 0 spiro atoms. The van der Waals surface area contributed by atoms with Crippen LogP contribution in [0.1, 0.15) is 20.3 Å². The molecule has 1 heterocycles. The van der Waals surface area contributed by atoms with Crippen LogP contribution < -0.4 is 0 Å². The first-order valence-corrected chi connectivity index (χ1v) is 10.8. The fourth-order valence-corrected chi connectivity index (χ4v) is 4.29. The van der Waals surface area contributed by atoms with Gasteiger partial charge in [-0.05, 0) is 38.2 Å². The summed E-state index contributed by atoms with van der Waals surface area (Å²) >= 11 is 1.02.